The molecule has 2 heterocycles. The van der Waals surface area contributed by atoms with E-state index >= 15 is 0 Å². The van der Waals surface area contributed by atoms with Crippen LogP contribution >= 0.6 is 30.3 Å². The van der Waals surface area contributed by atoms with Gasteiger partial charge in [-0.3, -0.25) is 3.97 Å². The molecule has 27 heavy (non-hydrogen) atoms. The van der Waals surface area contributed by atoms with Crippen molar-refractivity contribution in [1.29, 1.82) is 5.26 Å². The van der Waals surface area contributed by atoms with Crippen molar-refractivity contribution < 1.29 is 5.11 Å². The molecule has 2 aromatic heterocycles. The Morgan fingerprint density at radius 2 is 2.04 bits per heavy atom. The lowest BCUT2D eigenvalue weighted by atomic mass is 9.87. The van der Waals surface area contributed by atoms with E-state index in [1.807, 2.05) is 19.2 Å². The highest BCUT2D eigenvalue weighted by atomic mass is 127. The van der Waals surface area contributed by atoms with Crippen LogP contribution in [0, 0.1) is 25.2 Å². The molecule has 0 amide bonds. The summed E-state index contributed by atoms with van der Waals surface area (Å²) >= 11 is 2.26. The number of H-pyrrole nitrogens is 1. The van der Waals surface area contributed by atoms with E-state index in [9.17, 15) is 5.11 Å². The lowest BCUT2D eigenvalue weighted by molar-refractivity contribution is 0.0944. The Balaban J connectivity index is 1.97. The van der Waals surface area contributed by atoms with Crippen LogP contribution in [-0.4, -0.2) is 19.0 Å². The Hall–Kier alpha value is -2.02. The minimum Gasteiger partial charge on any atom is -0.377 e. The van der Waals surface area contributed by atoms with Crippen molar-refractivity contribution in [1.82, 2.24) is 13.9 Å². The van der Waals surface area contributed by atoms with Gasteiger partial charge in [0.05, 0.1) is 28.2 Å². The van der Waals surface area contributed by atoms with Crippen molar-refractivity contribution in [3.63, 3.8) is 0 Å². The Bertz CT molecular complexity index is 1230. The first kappa shape index (κ1) is 18.3. The topological polar surface area (TPSA) is 77.6 Å². The molecule has 0 radical (unpaired) electrons. The average Bonchev–Trinajstić information content (AvgIpc) is 3.25. The predicted octanol–water partition coefficient (Wildman–Crippen LogP) is 5.11. The van der Waals surface area contributed by atoms with Gasteiger partial charge in [0.2, 0.25) is 0 Å². The molecule has 0 aliphatic carbocycles. The second kappa shape index (κ2) is 6.55. The molecule has 5 nitrogen and oxygen atoms in total. The summed E-state index contributed by atoms with van der Waals surface area (Å²) in [5.74, 6) is 0.468. The van der Waals surface area contributed by atoms with Crippen LogP contribution in [0.4, 0.5) is 0 Å². The Morgan fingerprint density at radius 1 is 1.26 bits per heavy atom. The number of aliphatic hydroxyl groups is 1. The number of halogens is 1. The van der Waals surface area contributed by atoms with Crippen LogP contribution in [-0.2, 0) is 5.60 Å². The average molecular weight is 488 g/mol. The summed E-state index contributed by atoms with van der Waals surface area (Å²) in [5, 5.41) is 21.7. The molecule has 0 saturated heterocycles. The third-order valence-corrected chi connectivity index (χ3v) is 6.68. The van der Waals surface area contributed by atoms with Gasteiger partial charge < -0.3 is 10.1 Å². The number of benzene rings is 2. The van der Waals surface area contributed by atoms with E-state index in [-0.39, 0.29) is 0 Å². The van der Waals surface area contributed by atoms with Gasteiger partial charge in [-0.15, -0.1) is 0 Å². The smallest absolute Gasteiger partial charge is 0.145 e. The van der Waals surface area contributed by atoms with E-state index in [2.05, 4.69) is 54.2 Å². The van der Waals surface area contributed by atoms with Crippen molar-refractivity contribution in [3.05, 3.63) is 64.6 Å². The zero-order chi connectivity index (χ0) is 19.3. The summed E-state index contributed by atoms with van der Waals surface area (Å²) in [5.41, 5.74) is 4.84. The van der Waals surface area contributed by atoms with Crippen molar-refractivity contribution in [2.45, 2.75) is 26.4 Å². The Morgan fingerprint density at radius 3 is 2.74 bits per heavy atom. The molecule has 0 spiro atoms. The second-order valence-electron chi connectivity index (χ2n) is 6.86. The van der Waals surface area contributed by atoms with Gasteiger partial charge in [0.1, 0.15) is 11.4 Å². The Labute approximate surface area is 173 Å². The SMILES string of the molecule is Cc1cc(C)c2c(ccn2SI)c1C(C)(O)c1nc2ccc(C#N)cc2[nH]1. The first-order valence-corrected chi connectivity index (χ1v) is 11.7. The number of imidazole rings is 1. The van der Waals surface area contributed by atoms with Gasteiger partial charge >= 0.3 is 0 Å². The first-order valence-electron chi connectivity index (χ1n) is 8.40. The molecule has 4 aromatic rings. The van der Waals surface area contributed by atoms with Crippen LogP contribution in [0.25, 0.3) is 21.9 Å². The maximum Gasteiger partial charge on any atom is 0.145 e. The van der Waals surface area contributed by atoms with E-state index < -0.39 is 5.60 Å². The fourth-order valence-corrected chi connectivity index (χ4v) is 5.21. The molecule has 4 rings (SSSR count). The quantitative estimate of drug-likeness (QED) is 0.393. The number of aromatic nitrogens is 3. The molecule has 0 aliphatic rings. The van der Waals surface area contributed by atoms with Crippen molar-refractivity contribution in [3.8, 4) is 6.07 Å². The summed E-state index contributed by atoms with van der Waals surface area (Å²) in [4.78, 5) is 7.82. The maximum atomic E-state index is 11.6. The molecule has 2 aromatic carbocycles. The normalized spacial score (nSPS) is 13.8. The lowest BCUT2D eigenvalue weighted by Crippen LogP contribution is -2.26. The van der Waals surface area contributed by atoms with E-state index in [0.29, 0.717) is 11.4 Å². The van der Waals surface area contributed by atoms with Gasteiger partial charge in [-0.2, -0.15) is 5.26 Å². The van der Waals surface area contributed by atoms with Gasteiger partial charge in [-0.1, -0.05) is 6.07 Å². The molecule has 136 valence electrons. The molecule has 0 bridgehead atoms. The molecular formula is C20H17IN4OS. The number of hydrogen-bond donors (Lipinski definition) is 2. The van der Waals surface area contributed by atoms with E-state index in [1.54, 1.807) is 34.2 Å². The number of nitrogens with one attached hydrogen (secondary N) is 1. The van der Waals surface area contributed by atoms with Crippen molar-refractivity contribution in [2.75, 3.05) is 0 Å². The fraction of sp³-hybridized carbons (Fsp3) is 0.200. The molecular weight excluding hydrogens is 471 g/mol. The minimum atomic E-state index is -1.30. The summed E-state index contributed by atoms with van der Waals surface area (Å²) in [6.07, 6.45) is 2.02. The van der Waals surface area contributed by atoms with Gasteiger partial charge in [0.15, 0.2) is 0 Å². The molecule has 1 unspecified atom stereocenters. The molecule has 0 fully saturated rings. The molecule has 7 heteroatoms. The third kappa shape index (κ3) is 2.83. The van der Waals surface area contributed by atoms with E-state index in [1.165, 1.54) is 5.56 Å². The molecule has 0 aliphatic heterocycles. The highest BCUT2D eigenvalue weighted by Gasteiger charge is 2.33. The Kier molecular flexibility index (Phi) is 4.45. The molecule has 1 atom stereocenters. The summed E-state index contributed by atoms with van der Waals surface area (Å²) in [7, 11) is 1.60. The number of hydrogen-bond acceptors (Lipinski definition) is 4. The number of nitriles is 1. The van der Waals surface area contributed by atoms with Gasteiger partial charge in [-0.25, -0.2) is 4.98 Å². The number of aromatic amines is 1. The third-order valence-electron chi connectivity index (χ3n) is 4.96. The summed E-state index contributed by atoms with van der Waals surface area (Å²) in [6, 6.07) is 11.6. The fourth-order valence-electron chi connectivity index (χ4n) is 3.81. The van der Waals surface area contributed by atoms with Gasteiger partial charge in [-0.05, 0) is 56.2 Å². The van der Waals surface area contributed by atoms with Crippen LogP contribution in [0.1, 0.15) is 35.0 Å². The van der Waals surface area contributed by atoms with Crippen LogP contribution in [0.3, 0.4) is 0 Å². The van der Waals surface area contributed by atoms with Crippen molar-refractivity contribution >= 4 is 52.3 Å². The largest absolute Gasteiger partial charge is 0.377 e. The number of fused-ring (bicyclic) bond motifs is 2. The van der Waals surface area contributed by atoms with Crippen LogP contribution in [0.5, 0.6) is 0 Å². The monoisotopic (exact) mass is 488 g/mol. The highest BCUT2D eigenvalue weighted by molar-refractivity contribution is 14.2. The van der Waals surface area contributed by atoms with Gasteiger partial charge in [0.25, 0.3) is 0 Å². The second-order valence-corrected chi connectivity index (χ2v) is 8.57. The van der Waals surface area contributed by atoms with Gasteiger partial charge in [0, 0.05) is 47.5 Å². The maximum absolute atomic E-state index is 11.6. The molecule has 0 saturated carbocycles. The standard InChI is InChI=1S/C20H17IN4OS/c1-11-8-12(2)18-14(6-7-25(18)27-21)17(11)20(3,26)19-23-15-5-4-13(10-22)9-16(15)24-19/h4-9,26H,1-3H3,(H,23,24). The summed E-state index contributed by atoms with van der Waals surface area (Å²) in [6.45, 7) is 5.87. The summed E-state index contributed by atoms with van der Waals surface area (Å²) < 4.78 is 2.10. The van der Waals surface area contributed by atoms with Crippen LogP contribution in [0.2, 0.25) is 0 Å². The minimum absolute atomic E-state index is 0.468. The highest BCUT2D eigenvalue weighted by Crippen LogP contribution is 2.39. The van der Waals surface area contributed by atoms with Crippen LogP contribution in [0.15, 0.2) is 36.5 Å². The first-order chi connectivity index (χ1) is 12.9. The predicted molar refractivity (Wildman–Crippen MR) is 118 cm³/mol. The van der Waals surface area contributed by atoms with E-state index in [0.717, 1.165) is 33.1 Å². The van der Waals surface area contributed by atoms with Crippen LogP contribution < -0.4 is 0 Å². The van der Waals surface area contributed by atoms with Crippen molar-refractivity contribution in [2.24, 2.45) is 0 Å². The number of nitrogens with zero attached hydrogens (tertiary/aromatic N) is 3. The number of aryl methyl sites for hydroxylation is 2. The lowest BCUT2D eigenvalue weighted by Gasteiger charge is -2.25. The zero-order valence-electron chi connectivity index (χ0n) is 15.0. The zero-order valence-corrected chi connectivity index (χ0v) is 18.0. The number of rotatable bonds is 3. The molecule has 2 N–H and O–H groups in total. The van der Waals surface area contributed by atoms with E-state index in [4.69, 9.17) is 5.26 Å².